The summed E-state index contributed by atoms with van der Waals surface area (Å²) in [5.74, 6) is 1.48. The Morgan fingerprint density at radius 3 is 2.97 bits per heavy atom. The Hall–Kier alpha value is -2.58. The van der Waals surface area contributed by atoms with Crippen molar-refractivity contribution in [3.63, 3.8) is 0 Å². The number of aryl methyl sites for hydroxylation is 2. The van der Waals surface area contributed by atoms with E-state index in [4.69, 9.17) is 9.15 Å². The zero-order valence-electron chi connectivity index (χ0n) is 16.6. The van der Waals surface area contributed by atoms with Crippen LogP contribution in [0, 0.1) is 13.8 Å². The fraction of sp³-hybridized carbons (Fsp3) is 0.381. The Morgan fingerprint density at radius 1 is 1.31 bits per heavy atom. The third kappa shape index (κ3) is 4.71. The van der Waals surface area contributed by atoms with Crippen molar-refractivity contribution >= 4 is 23.4 Å². The van der Waals surface area contributed by atoms with Gasteiger partial charge in [-0.25, -0.2) is 0 Å². The first kappa shape index (κ1) is 19.7. The third-order valence-corrected chi connectivity index (χ3v) is 5.83. The zero-order chi connectivity index (χ0) is 20.2. The molecule has 1 unspecified atom stereocenters. The standard InChI is InChI=1S/C21H24N4O3S/c1-14-7-8-15(2)17(11-14)22-19(26)13-29-21-24-23-20(18-6-4-10-28-18)25(21)12-16-5-3-9-27-16/h4,6-8,10-11,16H,3,5,9,12-13H2,1-2H3,(H,22,26). The molecule has 152 valence electrons. The van der Waals surface area contributed by atoms with E-state index < -0.39 is 0 Å². The van der Waals surface area contributed by atoms with Gasteiger partial charge in [0.25, 0.3) is 0 Å². The van der Waals surface area contributed by atoms with Crippen molar-refractivity contribution in [2.45, 2.75) is 44.5 Å². The summed E-state index contributed by atoms with van der Waals surface area (Å²) in [5, 5.41) is 12.3. The van der Waals surface area contributed by atoms with Crippen molar-refractivity contribution in [3.05, 3.63) is 47.7 Å². The Balaban J connectivity index is 1.47. The van der Waals surface area contributed by atoms with Crippen LogP contribution in [0.3, 0.4) is 0 Å². The van der Waals surface area contributed by atoms with Gasteiger partial charge in [0.2, 0.25) is 11.7 Å². The molecule has 8 heteroatoms. The highest BCUT2D eigenvalue weighted by atomic mass is 32.2. The van der Waals surface area contributed by atoms with Gasteiger partial charge in [0.05, 0.1) is 24.7 Å². The summed E-state index contributed by atoms with van der Waals surface area (Å²) in [7, 11) is 0. The van der Waals surface area contributed by atoms with Gasteiger partial charge in [-0.2, -0.15) is 0 Å². The highest BCUT2D eigenvalue weighted by Gasteiger charge is 2.23. The second kappa shape index (κ2) is 8.84. The molecule has 0 bridgehead atoms. The maximum absolute atomic E-state index is 12.5. The predicted octanol–water partition coefficient (Wildman–Crippen LogP) is 4.06. The van der Waals surface area contributed by atoms with Crippen LogP contribution in [0.2, 0.25) is 0 Å². The molecule has 1 fully saturated rings. The smallest absolute Gasteiger partial charge is 0.234 e. The van der Waals surface area contributed by atoms with Crippen molar-refractivity contribution in [3.8, 4) is 11.6 Å². The molecule has 0 radical (unpaired) electrons. The topological polar surface area (TPSA) is 82.2 Å². The summed E-state index contributed by atoms with van der Waals surface area (Å²) < 4.78 is 13.3. The highest BCUT2D eigenvalue weighted by molar-refractivity contribution is 7.99. The maximum Gasteiger partial charge on any atom is 0.234 e. The number of anilines is 1. The SMILES string of the molecule is Cc1ccc(C)c(NC(=O)CSc2nnc(-c3ccco3)n2CC2CCCO2)c1. The van der Waals surface area contributed by atoms with Crippen LogP contribution in [0.1, 0.15) is 24.0 Å². The molecule has 29 heavy (non-hydrogen) atoms. The number of thioether (sulfide) groups is 1. The predicted molar refractivity (Wildman–Crippen MR) is 112 cm³/mol. The number of rotatable bonds is 7. The minimum absolute atomic E-state index is 0.0742. The van der Waals surface area contributed by atoms with E-state index in [1.54, 1.807) is 6.26 Å². The lowest BCUT2D eigenvalue weighted by atomic mass is 10.1. The van der Waals surface area contributed by atoms with Gasteiger partial charge >= 0.3 is 0 Å². The fourth-order valence-corrected chi connectivity index (χ4v) is 4.07. The van der Waals surface area contributed by atoms with E-state index in [-0.39, 0.29) is 17.8 Å². The minimum Gasteiger partial charge on any atom is -0.461 e. The van der Waals surface area contributed by atoms with Crippen LogP contribution in [0.5, 0.6) is 0 Å². The quantitative estimate of drug-likeness (QED) is 0.589. The molecule has 1 atom stereocenters. The molecule has 7 nitrogen and oxygen atoms in total. The largest absolute Gasteiger partial charge is 0.461 e. The number of carbonyl (C=O) groups is 1. The Labute approximate surface area is 173 Å². The second-order valence-electron chi connectivity index (χ2n) is 7.18. The van der Waals surface area contributed by atoms with Crippen LogP contribution in [-0.2, 0) is 16.1 Å². The summed E-state index contributed by atoms with van der Waals surface area (Å²) in [5.41, 5.74) is 2.99. The van der Waals surface area contributed by atoms with Crippen LogP contribution in [0.15, 0.2) is 46.2 Å². The lowest BCUT2D eigenvalue weighted by Crippen LogP contribution is -2.18. The Morgan fingerprint density at radius 2 is 2.21 bits per heavy atom. The first-order valence-electron chi connectivity index (χ1n) is 9.69. The number of amides is 1. The molecule has 3 aromatic rings. The van der Waals surface area contributed by atoms with E-state index in [1.165, 1.54) is 11.8 Å². The number of nitrogens with one attached hydrogen (secondary N) is 1. The average Bonchev–Trinajstić information content (AvgIpc) is 3.45. The van der Waals surface area contributed by atoms with Crippen molar-refractivity contribution < 1.29 is 13.9 Å². The number of hydrogen-bond donors (Lipinski definition) is 1. The summed E-state index contributed by atoms with van der Waals surface area (Å²) in [6.45, 7) is 5.41. The lowest BCUT2D eigenvalue weighted by Gasteiger charge is -2.14. The van der Waals surface area contributed by atoms with Gasteiger partial charge in [0, 0.05) is 12.3 Å². The Kier molecular flexibility index (Phi) is 6.01. The maximum atomic E-state index is 12.5. The molecule has 1 saturated heterocycles. The number of ether oxygens (including phenoxy) is 1. The first-order chi connectivity index (χ1) is 14.1. The van der Waals surface area contributed by atoms with Gasteiger partial charge in [-0.1, -0.05) is 23.9 Å². The number of benzene rings is 1. The second-order valence-corrected chi connectivity index (χ2v) is 8.13. The molecule has 1 amide bonds. The molecular weight excluding hydrogens is 388 g/mol. The summed E-state index contributed by atoms with van der Waals surface area (Å²) in [6, 6.07) is 9.70. The van der Waals surface area contributed by atoms with Crippen LogP contribution in [0.4, 0.5) is 5.69 Å². The molecule has 0 spiro atoms. The van der Waals surface area contributed by atoms with Gasteiger partial charge in [-0.3, -0.25) is 9.36 Å². The molecule has 0 aliphatic carbocycles. The van der Waals surface area contributed by atoms with E-state index in [0.717, 1.165) is 36.3 Å². The van der Waals surface area contributed by atoms with Gasteiger partial charge in [-0.15, -0.1) is 10.2 Å². The van der Waals surface area contributed by atoms with Crippen molar-refractivity contribution in [1.82, 2.24) is 14.8 Å². The minimum atomic E-state index is -0.0742. The number of carbonyl (C=O) groups excluding carboxylic acids is 1. The molecule has 1 aromatic carbocycles. The van der Waals surface area contributed by atoms with Crippen LogP contribution >= 0.6 is 11.8 Å². The average molecular weight is 413 g/mol. The fourth-order valence-electron chi connectivity index (χ4n) is 3.33. The molecular formula is C21H24N4O3S. The normalized spacial score (nSPS) is 16.3. The highest BCUT2D eigenvalue weighted by Crippen LogP contribution is 2.27. The summed E-state index contributed by atoms with van der Waals surface area (Å²) >= 11 is 1.37. The number of furan rings is 1. The van der Waals surface area contributed by atoms with Crippen molar-refractivity contribution in [1.29, 1.82) is 0 Å². The Bertz CT molecular complexity index is 978. The van der Waals surface area contributed by atoms with Crippen LogP contribution in [-0.4, -0.2) is 39.1 Å². The molecule has 3 heterocycles. The first-order valence-corrected chi connectivity index (χ1v) is 10.7. The van der Waals surface area contributed by atoms with Gasteiger partial charge in [0.15, 0.2) is 10.9 Å². The molecule has 0 saturated carbocycles. The van der Waals surface area contributed by atoms with E-state index >= 15 is 0 Å². The monoisotopic (exact) mass is 412 g/mol. The number of nitrogens with zero attached hydrogens (tertiary/aromatic N) is 3. The molecule has 1 aliphatic rings. The van der Waals surface area contributed by atoms with E-state index in [1.807, 2.05) is 48.7 Å². The van der Waals surface area contributed by atoms with Crippen LogP contribution in [0.25, 0.3) is 11.6 Å². The molecule has 4 rings (SSSR count). The van der Waals surface area contributed by atoms with Crippen molar-refractivity contribution in [2.24, 2.45) is 0 Å². The third-order valence-electron chi connectivity index (χ3n) is 4.87. The van der Waals surface area contributed by atoms with Crippen LogP contribution < -0.4 is 5.32 Å². The van der Waals surface area contributed by atoms with Gasteiger partial charge in [-0.05, 0) is 56.0 Å². The van der Waals surface area contributed by atoms with E-state index in [0.29, 0.717) is 23.3 Å². The number of aromatic nitrogens is 3. The van der Waals surface area contributed by atoms with E-state index in [9.17, 15) is 4.79 Å². The van der Waals surface area contributed by atoms with Crippen molar-refractivity contribution in [2.75, 3.05) is 17.7 Å². The van der Waals surface area contributed by atoms with Gasteiger partial charge in [0.1, 0.15) is 0 Å². The molecule has 1 aliphatic heterocycles. The summed E-state index contributed by atoms with van der Waals surface area (Å²) in [4.78, 5) is 12.5. The summed E-state index contributed by atoms with van der Waals surface area (Å²) in [6.07, 6.45) is 3.81. The molecule has 2 aromatic heterocycles. The van der Waals surface area contributed by atoms with Gasteiger partial charge < -0.3 is 14.5 Å². The molecule has 1 N–H and O–H groups in total. The number of hydrogen-bond acceptors (Lipinski definition) is 6. The zero-order valence-corrected chi connectivity index (χ0v) is 17.4. The lowest BCUT2D eigenvalue weighted by molar-refractivity contribution is -0.113. The van der Waals surface area contributed by atoms with E-state index in [2.05, 4.69) is 15.5 Å².